The maximum Gasteiger partial charge on any atom is 0.144 e. The van der Waals surface area contributed by atoms with E-state index in [1.807, 2.05) is 32.9 Å². The lowest BCUT2D eigenvalue weighted by atomic mass is 10.2. The van der Waals surface area contributed by atoms with Gasteiger partial charge >= 0.3 is 0 Å². The quantitative estimate of drug-likeness (QED) is 0.757. The molecule has 1 aromatic carbocycles. The van der Waals surface area contributed by atoms with E-state index >= 15 is 0 Å². The number of halogens is 2. The molecule has 0 aliphatic heterocycles. The fourth-order valence-electron chi connectivity index (χ4n) is 0.893. The van der Waals surface area contributed by atoms with Gasteiger partial charge in [-0.1, -0.05) is 33.6 Å². The predicted octanol–water partition coefficient (Wildman–Crippen LogP) is 3.98. The van der Waals surface area contributed by atoms with Crippen LogP contribution < -0.4 is 0 Å². The smallest absolute Gasteiger partial charge is 0.144 e. The van der Waals surface area contributed by atoms with E-state index in [-0.39, 0.29) is 4.75 Å². The van der Waals surface area contributed by atoms with E-state index < -0.39 is 11.0 Å². The third-order valence-corrected chi connectivity index (χ3v) is 4.17. The molecule has 0 heterocycles. The van der Waals surface area contributed by atoms with Gasteiger partial charge in [-0.05, 0) is 32.9 Å². The molecule has 0 amide bonds. The molecule has 2 nitrogen and oxygen atoms in total. The van der Waals surface area contributed by atoms with Crippen LogP contribution >= 0.6 is 27.5 Å². The van der Waals surface area contributed by atoms with Crippen LogP contribution in [0.5, 0.6) is 0 Å². The fourth-order valence-corrected chi connectivity index (χ4v) is 2.22. The molecule has 5 heteroatoms. The molecule has 1 aromatic rings. The molecule has 0 aliphatic carbocycles. The van der Waals surface area contributed by atoms with E-state index in [2.05, 4.69) is 20.3 Å². The summed E-state index contributed by atoms with van der Waals surface area (Å²) in [6.07, 6.45) is 1.55. The molecule has 1 rings (SSSR count). The van der Waals surface area contributed by atoms with Crippen molar-refractivity contribution in [2.24, 2.45) is 4.40 Å². The van der Waals surface area contributed by atoms with Crippen molar-refractivity contribution in [2.45, 2.75) is 25.5 Å². The Balaban J connectivity index is 2.98. The first-order valence-corrected chi connectivity index (χ1v) is 7.00. The highest BCUT2D eigenvalue weighted by atomic mass is 79.9. The van der Waals surface area contributed by atoms with Crippen LogP contribution in [-0.2, 0) is 11.0 Å². The Morgan fingerprint density at radius 2 is 2.06 bits per heavy atom. The molecule has 0 saturated carbocycles. The van der Waals surface area contributed by atoms with Gasteiger partial charge in [0.2, 0.25) is 0 Å². The minimum Gasteiger partial charge on any atom is -0.234 e. The predicted molar refractivity (Wildman–Crippen MR) is 74.6 cm³/mol. The Morgan fingerprint density at radius 3 is 2.56 bits per heavy atom. The molecule has 0 fully saturated rings. The Morgan fingerprint density at radius 1 is 1.44 bits per heavy atom. The molecule has 0 unspecified atom stereocenters. The number of benzene rings is 1. The van der Waals surface area contributed by atoms with Gasteiger partial charge in [0, 0.05) is 16.3 Å². The lowest BCUT2D eigenvalue weighted by Gasteiger charge is -2.12. The molecule has 88 valence electrons. The highest BCUT2D eigenvalue weighted by Gasteiger charge is 2.18. The number of hydrogen-bond donors (Lipinski definition) is 0. The zero-order valence-corrected chi connectivity index (χ0v) is 12.5. The SMILES string of the molecule is CC(C)(C)[S@](=O)N=Cc1c(Cl)cccc1Br. The van der Waals surface area contributed by atoms with Crippen molar-refractivity contribution < 1.29 is 4.21 Å². The minimum absolute atomic E-state index is 0.357. The molecule has 0 bridgehead atoms. The summed E-state index contributed by atoms with van der Waals surface area (Å²) in [6, 6.07) is 5.48. The van der Waals surface area contributed by atoms with Gasteiger partial charge in [0.25, 0.3) is 0 Å². The van der Waals surface area contributed by atoms with E-state index in [9.17, 15) is 4.21 Å². The summed E-state index contributed by atoms with van der Waals surface area (Å²) in [5, 5.41) is 0.587. The summed E-state index contributed by atoms with van der Waals surface area (Å²) in [5.74, 6) is 0. The van der Waals surface area contributed by atoms with E-state index in [0.29, 0.717) is 5.02 Å². The summed E-state index contributed by atoms with van der Waals surface area (Å²) in [6.45, 7) is 5.63. The van der Waals surface area contributed by atoms with Crippen molar-refractivity contribution in [1.29, 1.82) is 0 Å². The normalized spacial score (nSPS) is 14.3. The van der Waals surface area contributed by atoms with Gasteiger partial charge in [-0.15, -0.1) is 0 Å². The first-order valence-electron chi connectivity index (χ1n) is 4.72. The summed E-state index contributed by atoms with van der Waals surface area (Å²) >= 11 is 9.38. The van der Waals surface area contributed by atoms with Crippen molar-refractivity contribution in [3.8, 4) is 0 Å². The molecule has 0 aliphatic rings. The maximum absolute atomic E-state index is 11.7. The van der Waals surface area contributed by atoms with Gasteiger partial charge in [0.15, 0.2) is 0 Å². The third kappa shape index (κ3) is 3.68. The zero-order chi connectivity index (χ0) is 12.3. The number of rotatable bonds is 2. The molecule has 0 radical (unpaired) electrons. The van der Waals surface area contributed by atoms with Crippen LogP contribution in [0.15, 0.2) is 27.1 Å². The Bertz CT molecular complexity index is 420. The van der Waals surface area contributed by atoms with E-state index in [4.69, 9.17) is 11.6 Å². The first-order chi connectivity index (χ1) is 7.32. The molecule has 1 atom stereocenters. The van der Waals surface area contributed by atoms with Gasteiger partial charge in [-0.2, -0.15) is 4.40 Å². The Kier molecular flexibility index (Phi) is 4.71. The van der Waals surface area contributed by atoms with Crippen LogP contribution in [-0.4, -0.2) is 15.2 Å². The molecule has 0 aromatic heterocycles. The van der Waals surface area contributed by atoms with Gasteiger partial charge < -0.3 is 0 Å². The monoisotopic (exact) mass is 321 g/mol. The lowest BCUT2D eigenvalue weighted by molar-refractivity contribution is 0.651. The molecule has 16 heavy (non-hydrogen) atoms. The van der Waals surface area contributed by atoms with Crippen LogP contribution in [0, 0.1) is 0 Å². The second-order valence-corrected chi connectivity index (χ2v) is 7.43. The van der Waals surface area contributed by atoms with E-state index in [1.54, 1.807) is 12.3 Å². The largest absolute Gasteiger partial charge is 0.234 e. The Labute approximate surface area is 112 Å². The topological polar surface area (TPSA) is 29.4 Å². The van der Waals surface area contributed by atoms with Crippen molar-refractivity contribution in [3.63, 3.8) is 0 Å². The molecule has 0 N–H and O–H groups in total. The summed E-state index contributed by atoms with van der Waals surface area (Å²) in [4.78, 5) is 0. The molecular formula is C11H13BrClNOS. The van der Waals surface area contributed by atoms with Gasteiger partial charge in [0.1, 0.15) is 11.0 Å². The minimum atomic E-state index is -1.26. The van der Waals surface area contributed by atoms with Crippen LogP contribution in [0.4, 0.5) is 0 Å². The molecule has 0 spiro atoms. The van der Waals surface area contributed by atoms with E-state index in [1.165, 1.54) is 0 Å². The van der Waals surface area contributed by atoms with Gasteiger partial charge in [-0.25, -0.2) is 4.21 Å². The van der Waals surface area contributed by atoms with Gasteiger partial charge in [0.05, 0.1) is 9.77 Å². The van der Waals surface area contributed by atoms with Crippen molar-refractivity contribution >= 4 is 44.7 Å². The number of nitrogens with zero attached hydrogens (tertiary/aromatic N) is 1. The summed E-state index contributed by atoms with van der Waals surface area (Å²) in [7, 11) is -1.26. The summed E-state index contributed by atoms with van der Waals surface area (Å²) < 4.78 is 16.2. The molecular weight excluding hydrogens is 310 g/mol. The summed E-state index contributed by atoms with van der Waals surface area (Å²) in [5.41, 5.74) is 0.752. The standard InChI is InChI=1S/C11H13BrClNOS/c1-11(2,3)16(15)14-7-8-9(12)5-4-6-10(8)13/h4-7H,1-3H3/t16-/m0/s1. The zero-order valence-electron chi connectivity index (χ0n) is 9.33. The average molecular weight is 323 g/mol. The van der Waals surface area contributed by atoms with Crippen LogP contribution in [0.3, 0.4) is 0 Å². The second-order valence-electron chi connectivity index (χ2n) is 4.23. The van der Waals surface area contributed by atoms with Crippen molar-refractivity contribution in [1.82, 2.24) is 0 Å². The van der Waals surface area contributed by atoms with Crippen molar-refractivity contribution in [2.75, 3.05) is 0 Å². The van der Waals surface area contributed by atoms with Crippen molar-refractivity contribution in [3.05, 3.63) is 33.3 Å². The van der Waals surface area contributed by atoms with E-state index in [0.717, 1.165) is 10.0 Å². The first kappa shape index (κ1) is 13.9. The highest BCUT2D eigenvalue weighted by Crippen LogP contribution is 2.23. The Hall–Kier alpha value is -0.190. The average Bonchev–Trinajstić information content (AvgIpc) is 2.15. The number of hydrogen-bond acceptors (Lipinski definition) is 1. The highest BCUT2D eigenvalue weighted by molar-refractivity contribution is 9.10. The second kappa shape index (κ2) is 5.43. The molecule has 0 saturated heterocycles. The lowest BCUT2D eigenvalue weighted by Crippen LogP contribution is -2.19. The third-order valence-electron chi connectivity index (χ3n) is 1.80. The van der Waals surface area contributed by atoms with Crippen LogP contribution in [0.2, 0.25) is 5.02 Å². The van der Waals surface area contributed by atoms with Gasteiger partial charge in [-0.3, -0.25) is 0 Å². The van der Waals surface area contributed by atoms with Crippen LogP contribution in [0.25, 0.3) is 0 Å². The maximum atomic E-state index is 11.7. The fraction of sp³-hybridized carbons (Fsp3) is 0.364. The van der Waals surface area contributed by atoms with Crippen LogP contribution in [0.1, 0.15) is 26.3 Å².